The fourth-order valence-electron chi connectivity index (χ4n) is 2.62. The SMILES string of the molecule is CCOC(=O)N1CCN(C(=O)C(C)Oc2ccc(C)c(C)c2)CC1. The Morgan fingerprint density at radius 2 is 1.71 bits per heavy atom. The predicted molar refractivity (Wildman–Crippen MR) is 91.2 cm³/mol. The number of piperazine rings is 1. The summed E-state index contributed by atoms with van der Waals surface area (Å²) >= 11 is 0. The second kappa shape index (κ2) is 8.04. The molecule has 1 saturated heterocycles. The number of hydrogen-bond donors (Lipinski definition) is 0. The molecule has 24 heavy (non-hydrogen) atoms. The molecule has 6 nitrogen and oxygen atoms in total. The van der Waals surface area contributed by atoms with Crippen LogP contribution in [0.15, 0.2) is 18.2 Å². The van der Waals surface area contributed by atoms with Gasteiger partial charge in [0.25, 0.3) is 5.91 Å². The van der Waals surface area contributed by atoms with Gasteiger partial charge in [-0.05, 0) is 51.0 Å². The van der Waals surface area contributed by atoms with Crippen molar-refractivity contribution in [3.8, 4) is 5.75 Å². The first-order valence-corrected chi connectivity index (χ1v) is 8.36. The van der Waals surface area contributed by atoms with Gasteiger partial charge in [0, 0.05) is 26.2 Å². The fourth-order valence-corrected chi connectivity index (χ4v) is 2.62. The molecule has 0 aliphatic carbocycles. The Morgan fingerprint density at radius 3 is 2.29 bits per heavy atom. The van der Waals surface area contributed by atoms with Crippen LogP contribution in [-0.4, -0.2) is 60.7 Å². The standard InChI is InChI=1S/C18H26N2O4/c1-5-23-18(22)20-10-8-19(9-11-20)17(21)15(4)24-16-7-6-13(2)14(3)12-16/h6-7,12,15H,5,8-11H2,1-4H3. The quantitative estimate of drug-likeness (QED) is 0.848. The third-order valence-corrected chi connectivity index (χ3v) is 4.26. The van der Waals surface area contributed by atoms with Crippen LogP contribution in [0.4, 0.5) is 4.79 Å². The smallest absolute Gasteiger partial charge is 0.409 e. The van der Waals surface area contributed by atoms with Crippen LogP contribution in [0.3, 0.4) is 0 Å². The van der Waals surface area contributed by atoms with Gasteiger partial charge in [0.15, 0.2) is 6.10 Å². The van der Waals surface area contributed by atoms with E-state index in [2.05, 4.69) is 0 Å². The molecule has 2 rings (SSSR count). The summed E-state index contributed by atoms with van der Waals surface area (Å²) in [7, 11) is 0. The van der Waals surface area contributed by atoms with Gasteiger partial charge in [-0.15, -0.1) is 0 Å². The maximum Gasteiger partial charge on any atom is 0.409 e. The van der Waals surface area contributed by atoms with Crippen molar-refractivity contribution in [2.75, 3.05) is 32.8 Å². The first kappa shape index (κ1) is 18.1. The van der Waals surface area contributed by atoms with Crippen molar-refractivity contribution < 1.29 is 19.1 Å². The zero-order chi connectivity index (χ0) is 17.7. The summed E-state index contributed by atoms with van der Waals surface area (Å²) in [6.07, 6.45) is -0.870. The zero-order valence-corrected chi connectivity index (χ0v) is 14.9. The summed E-state index contributed by atoms with van der Waals surface area (Å²) in [4.78, 5) is 27.6. The van der Waals surface area contributed by atoms with Gasteiger partial charge in [-0.1, -0.05) is 6.07 Å². The predicted octanol–water partition coefficient (Wildman–Crippen LogP) is 2.37. The summed E-state index contributed by atoms with van der Waals surface area (Å²) in [6.45, 7) is 9.93. The number of amides is 2. The molecule has 1 aliphatic heterocycles. The minimum absolute atomic E-state index is 0.0586. The molecule has 0 spiro atoms. The van der Waals surface area contributed by atoms with Gasteiger partial charge >= 0.3 is 6.09 Å². The number of rotatable bonds is 4. The summed E-state index contributed by atoms with van der Waals surface area (Å²) in [5.41, 5.74) is 2.33. The van der Waals surface area contributed by atoms with E-state index in [4.69, 9.17) is 9.47 Å². The Morgan fingerprint density at radius 1 is 1.08 bits per heavy atom. The highest BCUT2D eigenvalue weighted by atomic mass is 16.6. The van der Waals surface area contributed by atoms with E-state index in [-0.39, 0.29) is 12.0 Å². The Labute approximate surface area is 143 Å². The molecular formula is C18H26N2O4. The zero-order valence-electron chi connectivity index (χ0n) is 14.9. The number of benzene rings is 1. The number of carbonyl (C=O) groups is 2. The third-order valence-electron chi connectivity index (χ3n) is 4.26. The molecule has 1 unspecified atom stereocenters. The van der Waals surface area contributed by atoms with Crippen molar-refractivity contribution in [3.05, 3.63) is 29.3 Å². The molecule has 0 N–H and O–H groups in total. The molecule has 1 aromatic rings. The van der Waals surface area contributed by atoms with Crippen molar-refractivity contribution in [1.82, 2.24) is 9.80 Å². The first-order valence-electron chi connectivity index (χ1n) is 8.36. The van der Waals surface area contributed by atoms with E-state index >= 15 is 0 Å². The van der Waals surface area contributed by atoms with Crippen LogP contribution >= 0.6 is 0 Å². The van der Waals surface area contributed by atoms with Crippen LogP contribution in [0.1, 0.15) is 25.0 Å². The Bertz CT molecular complexity index is 595. The van der Waals surface area contributed by atoms with E-state index < -0.39 is 6.10 Å². The van der Waals surface area contributed by atoms with Gasteiger partial charge < -0.3 is 19.3 Å². The highest BCUT2D eigenvalue weighted by Gasteiger charge is 2.28. The lowest BCUT2D eigenvalue weighted by atomic mass is 10.1. The van der Waals surface area contributed by atoms with Crippen molar-refractivity contribution in [3.63, 3.8) is 0 Å². The minimum Gasteiger partial charge on any atom is -0.481 e. The number of ether oxygens (including phenoxy) is 2. The van der Waals surface area contributed by atoms with E-state index in [1.54, 1.807) is 23.6 Å². The van der Waals surface area contributed by atoms with E-state index in [1.165, 1.54) is 5.56 Å². The molecule has 0 aromatic heterocycles. The highest BCUT2D eigenvalue weighted by Crippen LogP contribution is 2.18. The molecule has 1 fully saturated rings. The van der Waals surface area contributed by atoms with Gasteiger partial charge in [0.2, 0.25) is 0 Å². The van der Waals surface area contributed by atoms with Crippen LogP contribution in [0, 0.1) is 13.8 Å². The lowest BCUT2D eigenvalue weighted by Gasteiger charge is -2.35. The molecule has 1 aliphatic rings. The molecule has 1 heterocycles. The minimum atomic E-state index is -0.554. The maximum absolute atomic E-state index is 12.5. The van der Waals surface area contributed by atoms with Gasteiger partial charge in [-0.25, -0.2) is 4.79 Å². The topological polar surface area (TPSA) is 59.1 Å². The molecule has 2 amide bonds. The number of nitrogens with zero attached hydrogens (tertiary/aromatic N) is 2. The van der Waals surface area contributed by atoms with Gasteiger partial charge in [-0.2, -0.15) is 0 Å². The molecule has 0 bridgehead atoms. The van der Waals surface area contributed by atoms with Gasteiger partial charge in [0.1, 0.15) is 5.75 Å². The summed E-state index contributed by atoms with van der Waals surface area (Å²) in [6, 6.07) is 5.81. The molecule has 1 aromatic carbocycles. The van der Waals surface area contributed by atoms with Crippen LogP contribution in [-0.2, 0) is 9.53 Å². The summed E-state index contributed by atoms with van der Waals surface area (Å²) < 4.78 is 10.8. The highest BCUT2D eigenvalue weighted by molar-refractivity contribution is 5.81. The first-order chi connectivity index (χ1) is 11.4. The Hall–Kier alpha value is -2.24. The molecule has 132 valence electrons. The maximum atomic E-state index is 12.5. The molecule has 6 heteroatoms. The summed E-state index contributed by atoms with van der Waals surface area (Å²) in [5.74, 6) is 0.640. The van der Waals surface area contributed by atoms with Crippen molar-refractivity contribution >= 4 is 12.0 Å². The normalized spacial score (nSPS) is 15.8. The Balaban J connectivity index is 1.87. The largest absolute Gasteiger partial charge is 0.481 e. The lowest BCUT2D eigenvalue weighted by molar-refractivity contribution is -0.139. The lowest BCUT2D eigenvalue weighted by Crippen LogP contribution is -2.53. The summed E-state index contributed by atoms with van der Waals surface area (Å²) in [5, 5.41) is 0. The van der Waals surface area contributed by atoms with Crippen molar-refractivity contribution in [1.29, 1.82) is 0 Å². The number of carbonyl (C=O) groups excluding carboxylic acids is 2. The van der Waals surface area contributed by atoms with Crippen LogP contribution in [0.2, 0.25) is 0 Å². The molecule has 0 saturated carbocycles. The second-order valence-electron chi connectivity index (χ2n) is 6.02. The van der Waals surface area contributed by atoms with Crippen LogP contribution < -0.4 is 4.74 Å². The average molecular weight is 334 g/mol. The van der Waals surface area contributed by atoms with Crippen LogP contribution in [0.5, 0.6) is 5.75 Å². The van der Waals surface area contributed by atoms with Crippen molar-refractivity contribution in [2.24, 2.45) is 0 Å². The average Bonchev–Trinajstić information content (AvgIpc) is 2.58. The van der Waals surface area contributed by atoms with E-state index in [0.717, 1.165) is 5.56 Å². The fraction of sp³-hybridized carbons (Fsp3) is 0.556. The number of hydrogen-bond acceptors (Lipinski definition) is 4. The van der Waals surface area contributed by atoms with Gasteiger partial charge in [-0.3, -0.25) is 4.79 Å². The van der Waals surface area contributed by atoms with E-state index in [0.29, 0.717) is 38.5 Å². The molecule has 1 atom stereocenters. The molecular weight excluding hydrogens is 308 g/mol. The third kappa shape index (κ3) is 4.40. The number of aryl methyl sites for hydroxylation is 2. The van der Waals surface area contributed by atoms with Crippen LogP contribution in [0.25, 0.3) is 0 Å². The van der Waals surface area contributed by atoms with Crippen molar-refractivity contribution in [2.45, 2.75) is 33.8 Å². The monoisotopic (exact) mass is 334 g/mol. The molecule has 0 radical (unpaired) electrons. The van der Waals surface area contributed by atoms with E-state index in [9.17, 15) is 9.59 Å². The van der Waals surface area contributed by atoms with Gasteiger partial charge in [0.05, 0.1) is 6.61 Å². The van der Waals surface area contributed by atoms with E-state index in [1.807, 2.05) is 32.0 Å². The second-order valence-corrected chi connectivity index (χ2v) is 6.02. The Kier molecular flexibility index (Phi) is 6.06.